The molecule has 3 aliphatic heterocycles. The Morgan fingerprint density at radius 3 is 2.58 bits per heavy atom. The average molecular weight is 764 g/mol. The van der Waals surface area contributed by atoms with Crippen molar-refractivity contribution in [1.29, 1.82) is 4.78 Å². The summed E-state index contributed by atoms with van der Waals surface area (Å²) in [4.78, 5) is 32.7. The lowest BCUT2D eigenvalue weighted by molar-refractivity contribution is -0.139. The van der Waals surface area contributed by atoms with Crippen molar-refractivity contribution in [2.45, 2.75) is 63.6 Å². The van der Waals surface area contributed by atoms with E-state index in [0.29, 0.717) is 48.9 Å². The summed E-state index contributed by atoms with van der Waals surface area (Å²) >= 11 is 6.89. The molecule has 1 fully saturated rings. The van der Waals surface area contributed by atoms with Crippen LogP contribution in [0.4, 0.5) is 10.1 Å². The number of hydrogen-bond acceptors (Lipinski definition) is 9. The number of ether oxygens (including phenoxy) is 3. The molecule has 2 aromatic rings. The van der Waals surface area contributed by atoms with Gasteiger partial charge in [-0.1, -0.05) is 24.6 Å². The van der Waals surface area contributed by atoms with Gasteiger partial charge in [0, 0.05) is 57.7 Å². The molecule has 5 rings (SSSR count). The second kappa shape index (κ2) is 17.3. The number of carboxylic acids is 1. The molecule has 52 heavy (non-hydrogen) atoms. The van der Waals surface area contributed by atoms with E-state index < -0.39 is 39.2 Å². The maximum atomic E-state index is 17.2. The molecule has 3 aliphatic rings. The fourth-order valence-corrected chi connectivity index (χ4v) is 9.16. The highest BCUT2D eigenvalue weighted by Crippen LogP contribution is 2.49. The van der Waals surface area contributed by atoms with Crippen LogP contribution >= 0.6 is 11.6 Å². The molecule has 4 N–H and O–H groups in total. The van der Waals surface area contributed by atoms with Crippen molar-refractivity contribution >= 4 is 39.1 Å². The smallest absolute Gasteiger partial charge is 0.335 e. The topological polar surface area (TPSA) is 159 Å². The van der Waals surface area contributed by atoms with Gasteiger partial charge in [0.25, 0.3) is 0 Å². The number of likely N-dealkylation sites (tertiary alicyclic amines) is 1. The van der Waals surface area contributed by atoms with Gasteiger partial charge >= 0.3 is 5.97 Å². The van der Waals surface area contributed by atoms with Crippen molar-refractivity contribution in [3.8, 4) is 5.75 Å². The van der Waals surface area contributed by atoms with E-state index in [0.717, 1.165) is 36.0 Å². The zero-order chi connectivity index (χ0) is 37.6. The van der Waals surface area contributed by atoms with Crippen molar-refractivity contribution in [3.63, 3.8) is 0 Å². The zero-order valence-electron chi connectivity index (χ0n) is 30.2. The number of nitrogens with one attached hydrogen (secondary N) is 1. The summed E-state index contributed by atoms with van der Waals surface area (Å²) in [5.41, 5.74) is 2.63. The minimum Gasteiger partial charge on any atom is -0.487 e. The summed E-state index contributed by atoms with van der Waals surface area (Å²) in [6.45, 7) is 4.11. The predicted molar refractivity (Wildman–Crippen MR) is 199 cm³/mol. The Balaban J connectivity index is 1.72. The summed E-state index contributed by atoms with van der Waals surface area (Å²) < 4.78 is 54.1. The molecule has 12 nitrogen and oxygen atoms in total. The van der Waals surface area contributed by atoms with Crippen LogP contribution in [-0.2, 0) is 42.7 Å². The number of benzene rings is 2. The van der Waals surface area contributed by atoms with Gasteiger partial charge in [-0.3, -0.25) is 9.69 Å². The van der Waals surface area contributed by atoms with Gasteiger partial charge in [0.1, 0.15) is 34.1 Å². The van der Waals surface area contributed by atoms with Crippen LogP contribution in [0.5, 0.6) is 5.75 Å². The first-order valence-electron chi connectivity index (χ1n) is 17.8. The van der Waals surface area contributed by atoms with Gasteiger partial charge in [0.15, 0.2) is 0 Å². The Morgan fingerprint density at radius 2 is 1.90 bits per heavy atom. The van der Waals surface area contributed by atoms with Crippen molar-refractivity contribution in [2.75, 3.05) is 70.8 Å². The van der Waals surface area contributed by atoms with Crippen LogP contribution in [0.15, 0.2) is 42.2 Å². The number of aromatic carboxylic acids is 1. The van der Waals surface area contributed by atoms with Crippen molar-refractivity contribution in [3.05, 3.63) is 69.5 Å². The molecule has 4 bridgehead atoms. The first kappa shape index (κ1) is 39.9. The lowest BCUT2D eigenvalue weighted by Gasteiger charge is -2.47. The fraction of sp³-hybridized carbons (Fsp3) is 0.568. The number of carbonyl (C=O) groups excluding carboxylic acids is 1. The van der Waals surface area contributed by atoms with Gasteiger partial charge in [-0.25, -0.2) is 23.3 Å². The molecule has 2 unspecified atom stereocenters. The normalized spacial score (nSPS) is 21.4. The molecule has 15 heteroatoms. The van der Waals surface area contributed by atoms with Crippen LogP contribution in [0.3, 0.4) is 0 Å². The zero-order valence-corrected chi connectivity index (χ0v) is 31.8. The second-order valence-electron chi connectivity index (χ2n) is 14.1. The Morgan fingerprint density at radius 1 is 1.17 bits per heavy atom. The molecule has 286 valence electrons. The van der Waals surface area contributed by atoms with E-state index >= 15 is 4.39 Å². The van der Waals surface area contributed by atoms with E-state index in [1.54, 1.807) is 38.2 Å². The molecule has 3 heterocycles. The molecule has 0 radical (unpaired) electrons. The SMILES string of the molecule is COCCN(CCOC)C(=O)C(/C(F)=C/C[C@H](C)CS(=N)(N)=O)N1CCC[C@@]12CN1CCCCc3cc(Cl)cc2c3COc2ccc(C(=O)O)cc21. The number of aryl methyl sites for hydroxylation is 1. The molecule has 1 spiro atoms. The minimum absolute atomic E-state index is 0.113. The monoisotopic (exact) mass is 763 g/mol. The van der Waals surface area contributed by atoms with Crippen molar-refractivity contribution in [2.24, 2.45) is 11.1 Å². The molecule has 1 amide bonds. The number of nitrogens with zero attached hydrogens (tertiary/aromatic N) is 3. The lowest BCUT2D eigenvalue weighted by atomic mass is 9.79. The average Bonchev–Trinajstić information content (AvgIpc) is 3.50. The first-order valence-corrected chi connectivity index (χ1v) is 19.9. The maximum absolute atomic E-state index is 17.2. The molecule has 1 saturated heterocycles. The summed E-state index contributed by atoms with van der Waals surface area (Å²) in [6.07, 6.45) is 5.11. The maximum Gasteiger partial charge on any atom is 0.335 e. The number of allylic oxidation sites excluding steroid dienone is 1. The number of carboxylic acid groups (broad SMARTS) is 1. The minimum atomic E-state index is -3.30. The number of amides is 1. The van der Waals surface area contributed by atoms with Gasteiger partial charge in [-0.15, -0.1) is 0 Å². The summed E-state index contributed by atoms with van der Waals surface area (Å²) in [7, 11) is -0.220. The van der Waals surface area contributed by atoms with E-state index in [4.69, 9.17) is 35.7 Å². The molecule has 0 saturated carbocycles. The number of fused-ring (bicyclic) bond motifs is 3. The largest absolute Gasteiger partial charge is 0.487 e. The number of rotatable bonds is 14. The summed E-state index contributed by atoms with van der Waals surface area (Å²) in [5.74, 6) is -2.11. The summed E-state index contributed by atoms with van der Waals surface area (Å²) in [6, 6.07) is 7.40. The third-order valence-electron chi connectivity index (χ3n) is 10.3. The van der Waals surface area contributed by atoms with Crippen molar-refractivity contribution in [1.82, 2.24) is 9.80 Å². The van der Waals surface area contributed by atoms with E-state index in [9.17, 15) is 18.9 Å². The molecular weight excluding hydrogens is 713 g/mol. The highest BCUT2D eigenvalue weighted by molar-refractivity contribution is 7.90. The van der Waals surface area contributed by atoms with Crippen LogP contribution in [0.2, 0.25) is 5.02 Å². The molecule has 2 aromatic carbocycles. The number of hydrogen-bond donors (Lipinski definition) is 3. The van der Waals surface area contributed by atoms with Gasteiger partial charge in [-0.2, -0.15) is 0 Å². The summed E-state index contributed by atoms with van der Waals surface area (Å²) in [5, 5.41) is 16.0. The van der Waals surface area contributed by atoms with Gasteiger partial charge in [0.05, 0.1) is 30.0 Å². The predicted octanol–water partition coefficient (Wildman–Crippen LogP) is 5.35. The van der Waals surface area contributed by atoms with Gasteiger partial charge in [0.2, 0.25) is 5.91 Å². The van der Waals surface area contributed by atoms with E-state index in [-0.39, 0.29) is 56.6 Å². The lowest BCUT2D eigenvalue weighted by Crippen LogP contribution is -2.59. The number of halogens is 2. The van der Waals surface area contributed by atoms with Crippen LogP contribution < -0.4 is 14.8 Å². The van der Waals surface area contributed by atoms with Crippen LogP contribution in [0, 0.1) is 10.7 Å². The Bertz CT molecular complexity index is 1750. The Kier molecular flexibility index (Phi) is 13.2. The molecule has 0 aromatic heterocycles. The van der Waals surface area contributed by atoms with E-state index in [2.05, 4.69) is 4.90 Å². The standard InChI is InChI=1S/C37H51ClFN5O7S/c1-25(23-52(40,41)48)8-10-31(39)34(35(45)42(15-17-49-2)16-18-50-3)44-14-6-12-37(44)24-43-13-5-4-7-26-19-28(38)21-30(37)29(26)22-51-33-11-9-27(36(46)47)20-32(33)43/h9-11,19-21,25,34H,4-8,12-18,22-24H2,1-3H3,(H,46,47)(H3,40,41,48)/b31-10-/t25-,34?,37-/m0/s1. The second-order valence-corrected chi connectivity index (χ2v) is 16.3. The first-order chi connectivity index (χ1) is 24.8. The highest BCUT2D eigenvalue weighted by Gasteiger charge is 2.52. The van der Waals surface area contributed by atoms with E-state index in [1.165, 1.54) is 12.1 Å². The van der Waals surface area contributed by atoms with E-state index in [1.807, 2.05) is 17.0 Å². The van der Waals surface area contributed by atoms with Crippen LogP contribution in [0.25, 0.3) is 0 Å². The highest BCUT2D eigenvalue weighted by atomic mass is 35.5. The van der Waals surface area contributed by atoms with Gasteiger partial charge < -0.3 is 29.1 Å². The molecule has 4 atom stereocenters. The fourth-order valence-electron chi connectivity index (χ4n) is 7.93. The Labute approximate surface area is 311 Å². The molecular formula is C37H51ClFN5O7S. The quantitative estimate of drug-likeness (QED) is 0.231. The number of anilines is 1. The Hall–Kier alpha value is -3.27. The van der Waals surface area contributed by atoms with Gasteiger partial charge in [-0.05, 0) is 91.5 Å². The van der Waals surface area contributed by atoms with Crippen LogP contribution in [0.1, 0.15) is 66.1 Å². The number of methoxy groups -OCH3 is 2. The van der Waals surface area contributed by atoms with Crippen molar-refractivity contribution < 1.29 is 37.5 Å². The third-order valence-corrected chi connectivity index (χ3v) is 11.6. The number of nitrogens with two attached hydrogens (primary N) is 1. The van der Waals surface area contributed by atoms with Crippen LogP contribution in [-0.4, -0.2) is 103 Å². The third kappa shape index (κ3) is 9.08. The number of carbonyl (C=O) groups is 2. The molecule has 0 aliphatic carbocycles.